The minimum absolute atomic E-state index is 0.0324. The van der Waals surface area contributed by atoms with Gasteiger partial charge >= 0.3 is 0 Å². The lowest BCUT2D eigenvalue weighted by Crippen LogP contribution is -2.27. The van der Waals surface area contributed by atoms with Crippen LogP contribution in [0.15, 0.2) is 18.2 Å². The molecule has 1 fully saturated rings. The van der Waals surface area contributed by atoms with Crippen LogP contribution in [-0.4, -0.2) is 10.9 Å². The van der Waals surface area contributed by atoms with Gasteiger partial charge in [-0.05, 0) is 43.7 Å². The van der Waals surface area contributed by atoms with E-state index in [0.29, 0.717) is 11.7 Å². The van der Waals surface area contributed by atoms with Crippen molar-refractivity contribution in [3.05, 3.63) is 24.1 Å². The van der Waals surface area contributed by atoms with E-state index in [1.165, 1.54) is 6.07 Å². The van der Waals surface area contributed by atoms with Crippen LogP contribution >= 0.6 is 0 Å². The fraction of sp³-hybridized carbons (Fsp3) is 0.538. The van der Waals surface area contributed by atoms with Gasteiger partial charge in [0.2, 0.25) is 11.9 Å². The SMILES string of the molecule is CC1CCC(C(=O)Nc2cccc(F)n2)CC1. The molecule has 17 heavy (non-hydrogen) atoms. The number of nitrogens with one attached hydrogen (secondary N) is 1. The molecule has 0 spiro atoms. The van der Waals surface area contributed by atoms with E-state index in [0.717, 1.165) is 25.7 Å². The fourth-order valence-electron chi connectivity index (χ4n) is 2.23. The molecule has 0 saturated heterocycles. The Bertz CT molecular complexity index is 400. The van der Waals surface area contributed by atoms with Gasteiger partial charge in [0.25, 0.3) is 0 Å². The summed E-state index contributed by atoms with van der Waals surface area (Å²) in [6, 6.07) is 4.41. The third-order valence-corrected chi connectivity index (χ3v) is 3.35. The summed E-state index contributed by atoms with van der Waals surface area (Å²) < 4.78 is 12.8. The number of aromatic nitrogens is 1. The molecule has 1 aliphatic carbocycles. The van der Waals surface area contributed by atoms with Crippen molar-refractivity contribution in [3.8, 4) is 0 Å². The van der Waals surface area contributed by atoms with Crippen LogP contribution < -0.4 is 5.32 Å². The van der Waals surface area contributed by atoms with Crippen molar-refractivity contribution in [1.82, 2.24) is 4.98 Å². The number of halogens is 1. The highest BCUT2D eigenvalue weighted by atomic mass is 19.1. The second-order valence-corrected chi connectivity index (χ2v) is 4.79. The first-order valence-corrected chi connectivity index (χ1v) is 6.08. The number of hydrogen-bond donors (Lipinski definition) is 1. The van der Waals surface area contributed by atoms with Gasteiger partial charge in [-0.2, -0.15) is 4.39 Å². The van der Waals surface area contributed by atoms with Crippen LogP contribution in [0, 0.1) is 17.8 Å². The molecule has 0 atom stereocenters. The van der Waals surface area contributed by atoms with Crippen LogP contribution in [0.25, 0.3) is 0 Å². The summed E-state index contributed by atoms with van der Waals surface area (Å²) >= 11 is 0. The third kappa shape index (κ3) is 3.25. The van der Waals surface area contributed by atoms with E-state index in [-0.39, 0.29) is 11.8 Å². The Kier molecular flexibility index (Phi) is 3.71. The van der Waals surface area contributed by atoms with Crippen LogP contribution in [0.3, 0.4) is 0 Å². The minimum atomic E-state index is -0.569. The summed E-state index contributed by atoms with van der Waals surface area (Å²) in [5.41, 5.74) is 0. The number of amides is 1. The van der Waals surface area contributed by atoms with Gasteiger partial charge in [-0.25, -0.2) is 4.98 Å². The van der Waals surface area contributed by atoms with Crippen molar-refractivity contribution < 1.29 is 9.18 Å². The predicted molar refractivity (Wildman–Crippen MR) is 63.9 cm³/mol. The predicted octanol–water partition coefficient (Wildman–Crippen LogP) is 2.99. The molecule has 1 N–H and O–H groups in total. The Labute approximate surface area is 100 Å². The van der Waals surface area contributed by atoms with Gasteiger partial charge < -0.3 is 5.32 Å². The summed E-state index contributed by atoms with van der Waals surface area (Å²) in [4.78, 5) is 15.5. The molecular formula is C13H17FN2O. The number of nitrogens with zero attached hydrogens (tertiary/aromatic N) is 1. The average Bonchev–Trinajstić information content (AvgIpc) is 2.29. The second kappa shape index (κ2) is 5.25. The first-order valence-electron chi connectivity index (χ1n) is 6.08. The maximum atomic E-state index is 12.8. The molecule has 0 bridgehead atoms. The van der Waals surface area contributed by atoms with Crippen molar-refractivity contribution in [2.75, 3.05) is 5.32 Å². The molecule has 1 heterocycles. The van der Waals surface area contributed by atoms with Gasteiger partial charge in [0.1, 0.15) is 5.82 Å². The Morgan fingerprint density at radius 3 is 2.71 bits per heavy atom. The van der Waals surface area contributed by atoms with Crippen molar-refractivity contribution in [2.24, 2.45) is 11.8 Å². The number of anilines is 1. The van der Waals surface area contributed by atoms with Crippen LogP contribution in [0.2, 0.25) is 0 Å². The molecule has 2 rings (SSSR count). The molecule has 0 radical (unpaired) electrons. The van der Waals surface area contributed by atoms with Gasteiger partial charge in [-0.3, -0.25) is 4.79 Å². The Morgan fingerprint density at radius 2 is 2.06 bits per heavy atom. The summed E-state index contributed by atoms with van der Waals surface area (Å²) in [5.74, 6) is 0.464. The first-order chi connectivity index (χ1) is 8.15. The van der Waals surface area contributed by atoms with E-state index in [1.807, 2.05) is 0 Å². The third-order valence-electron chi connectivity index (χ3n) is 3.35. The second-order valence-electron chi connectivity index (χ2n) is 4.79. The maximum absolute atomic E-state index is 12.8. The monoisotopic (exact) mass is 236 g/mol. The zero-order chi connectivity index (χ0) is 12.3. The smallest absolute Gasteiger partial charge is 0.228 e. The van der Waals surface area contributed by atoms with Gasteiger partial charge in [-0.1, -0.05) is 13.0 Å². The van der Waals surface area contributed by atoms with Crippen LogP contribution in [0.5, 0.6) is 0 Å². The molecule has 1 saturated carbocycles. The van der Waals surface area contributed by atoms with Gasteiger partial charge in [-0.15, -0.1) is 0 Å². The summed E-state index contributed by atoms with van der Waals surface area (Å²) in [6.07, 6.45) is 4.02. The Morgan fingerprint density at radius 1 is 1.35 bits per heavy atom. The van der Waals surface area contributed by atoms with E-state index in [4.69, 9.17) is 0 Å². The van der Waals surface area contributed by atoms with E-state index in [1.54, 1.807) is 12.1 Å². The molecule has 1 aromatic heterocycles. The van der Waals surface area contributed by atoms with Crippen molar-refractivity contribution >= 4 is 11.7 Å². The molecule has 1 amide bonds. The van der Waals surface area contributed by atoms with Gasteiger partial charge in [0.05, 0.1) is 0 Å². The zero-order valence-electron chi connectivity index (χ0n) is 9.95. The van der Waals surface area contributed by atoms with E-state index in [2.05, 4.69) is 17.2 Å². The maximum Gasteiger partial charge on any atom is 0.228 e. The largest absolute Gasteiger partial charge is 0.310 e. The topological polar surface area (TPSA) is 42.0 Å². The summed E-state index contributed by atoms with van der Waals surface area (Å²) in [6.45, 7) is 2.21. The highest BCUT2D eigenvalue weighted by molar-refractivity contribution is 5.91. The molecule has 0 aromatic carbocycles. The van der Waals surface area contributed by atoms with Crippen LogP contribution in [-0.2, 0) is 4.79 Å². The highest BCUT2D eigenvalue weighted by Crippen LogP contribution is 2.28. The first kappa shape index (κ1) is 12.0. The standard InChI is InChI=1S/C13H17FN2O/c1-9-5-7-10(8-6-9)13(17)16-12-4-2-3-11(14)15-12/h2-4,9-10H,5-8H2,1H3,(H,15,16,17). The Hall–Kier alpha value is -1.45. The number of carbonyl (C=O) groups is 1. The summed E-state index contributed by atoms with van der Waals surface area (Å²) in [5, 5.41) is 2.68. The lowest BCUT2D eigenvalue weighted by Gasteiger charge is -2.24. The number of rotatable bonds is 2. The lowest BCUT2D eigenvalue weighted by molar-refractivity contribution is -0.121. The normalized spacial score (nSPS) is 24.4. The molecule has 1 aromatic rings. The molecule has 3 nitrogen and oxygen atoms in total. The molecule has 4 heteroatoms. The van der Waals surface area contributed by atoms with Crippen LogP contribution in [0.4, 0.5) is 10.2 Å². The quantitative estimate of drug-likeness (QED) is 0.802. The number of pyridine rings is 1. The molecule has 0 aliphatic heterocycles. The minimum Gasteiger partial charge on any atom is -0.310 e. The zero-order valence-corrected chi connectivity index (χ0v) is 9.95. The van der Waals surface area contributed by atoms with Crippen molar-refractivity contribution in [2.45, 2.75) is 32.6 Å². The molecular weight excluding hydrogens is 219 g/mol. The van der Waals surface area contributed by atoms with E-state index >= 15 is 0 Å². The molecule has 0 unspecified atom stereocenters. The Balaban J connectivity index is 1.93. The van der Waals surface area contributed by atoms with E-state index in [9.17, 15) is 9.18 Å². The number of carbonyl (C=O) groups excluding carboxylic acids is 1. The molecule has 92 valence electrons. The highest BCUT2D eigenvalue weighted by Gasteiger charge is 2.24. The van der Waals surface area contributed by atoms with Crippen LogP contribution in [0.1, 0.15) is 32.6 Å². The number of hydrogen-bond acceptors (Lipinski definition) is 2. The summed E-state index contributed by atoms with van der Waals surface area (Å²) in [7, 11) is 0. The lowest BCUT2D eigenvalue weighted by atomic mass is 9.82. The molecule has 1 aliphatic rings. The van der Waals surface area contributed by atoms with E-state index < -0.39 is 5.95 Å². The van der Waals surface area contributed by atoms with Crippen molar-refractivity contribution in [3.63, 3.8) is 0 Å². The van der Waals surface area contributed by atoms with Gasteiger partial charge in [0.15, 0.2) is 0 Å². The fourth-order valence-corrected chi connectivity index (χ4v) is 2.23. The van der Waals surface area contributed by atoms with Gasteiger partial charge in [0, 0.05) is 5.92 Å². The average molecular weight is 236 g/mol. The van der Waals surface area contributed by atoms with Crippen molar-refractivity contribution in [1.29, 1.82) is 0 Å².